The van der Waals surface area contributed by atoms with E-state index in [0.29, 0.717) is 60.3 Å². The summed E-state index contributed by atoms with van der Waals surface area (Å²) < 4.78 is 5.29. The summed E-state index contributed by atoms with van der Waals surface area (Å²) in [5.74, 6) is 0.913. The van der Waals surface area contributed by atoms with Crippen molar-refractivity contribution in [1.29, 1.82) is 0 Å². The third kappa shape index (κ3) is 5.29. The fourth-order valence-electron chi connectivity index (χ4n) is 4.33. The van der Waals surface area contributed by atoms with Gasteiger partial charge in [-0.25, -0.2) is 0 Å². The number of benzene rings is 3. The molecule has 7 heteroatoms. The molecule has 3 aromatic rings. The van der Waals surface area contributed by atoms with Crippen LogP contribution in [0.25, 0.3) is 0 Å². The number of carbonyl (C=O) groups is 1. The molecule has 0 spiro atoms. The molecule has 0 saturated carbocycles. The molecular formula is C27H29ClN2O4. The van der Waals surface area contributed by atoms with Crippen molar-refractivity contribution in [1.82, 2.24) is 4.90 Å². The Kier molecular flexibility index (Phi) is 7.29. The minimum Gasteiger partial charge on any atom is -0.504 e. The maximum absolute atomic E-state index is 12.5. The smallest absolute Gasteiger partial charge is 0.253 e. The highest BCUT2D eigenvalue weighted by Gasteiger charge is 2.36. The van der Waals surface area contributed by atoms with Crippen LogP contribution in [0, 0.1) is 0 Å². The van der Waals surface area contributed by atoms with Gasteiger partial charge in [0.25, 0.3) is 5.91 Å². The molecule has 34 heavy (non-hydrogen) atoms. The van der Waals surface area contributed by atoms with Crippen LogP contribution in [0.15, 0.2) is 66.7 Å². The van der Waals surface area contributed by atoms with Crippen molar-refractivity contribution < 1.29 is 19.7 Å². The van der Waals surface area contributed by atoms with Crippen LogP contribution < -0.4 is 10.5 Å². The molecule has 0 atom stereocenters. The second-order valence-corrected chi connectivity index (χ2v) is 9.05. The van der Waals surface area contributed by atoms with E-state index in [4.69, 9.17) is 22.1 Å². The molecule has 1 saturated heterocycles. The summed E-state index contributed by atoms with van der Waals surface area (Å²) in [6.07, 6.45) is 2.84. The number of aromatic hydroxyl groups is 1. The number of anilines is 1. The first-order valence-electron chi connectivity index (χ1n) is 11.4. The first-order chi connectivity index (χ1) is 16.4. The van der Waals surface area contributed by atoms with Crippen LogP contribution in [0.5, 0.6) is 11.5 Å². The largest absolute Gasteiger partial charge is 0.504 e. The molecule has 0 aromatic heterocycles. The van der Waals surface area contributed by atoms with Gasteiger partial charge >= 0.3 is 0 Å². The molecule has 2 aliphatic rings. The molecule has 0 radical (unpaired) electrons. The Morgan fingerprint density at radius 2 is 1.71 bits per heavy atom. The van der Waals surface area contributed by atoms with Crippen LogP contribution in [0.4, 0.5) is 5.69 Å². The molecule has 3 aromatic carbocycles. The second kappa shape index (κ2) is 10.4. The average Bonchev–Trinajstić information content (AvgIpc) is 2.93. The van der Waals surface area contributed by atoms with Gasteiger partial charge in [-0.2, -0.15) is 0 Å². The summed E-state index contributed by atoms with van der Waals surface area (Å²) in [5, 5.41) is 21.0. The molecule has 178 valence electrons. The van der Waals surface area contributed by atoms with E-state index in [1.54, 1.807) is 41.3 Å². The SMILES string of the molecule is Nc1ccc(C(=O)N2CCC(O)(c3ccccc3Cl)CC2)cc1.Oc1c2cccc1OCCC2. The van der Waals surface area contributed by atoms with Crippen molar-refractivity contribution in [2.45, 2.75) is 31.3 Å². The number of carbonyl (C=O) groups excluding carboxylic acids is 1. The molecule has 2 bridgehead atoms. The van der Waals surface area contributed by atoms with Crippen molar-refractivity contribution in [3.63, 3.8) is 0 Å². The number of nitrogens with zero attached hydrogens (tertiary/aromatic N) is 1. The van der Waals surface area contributed by atoms with Gasteiger partial charge in [0.2, 0.25) is 0 Å². The van der Waals surface area contributed by atoms with Gasteiger partial charge in [-0.1, -0.05) is 41.9 Å². The van der Waals surface area contributed by atoms with Crippen LogP contribution in [0.3, 0.4) is 0 Å². The fraction of sp³-hybridized carbons (Fsp3) is 0.296. The summed E-state index contributed by atoms with van der Waals surface area (Å²) in [6.45, 7) is 1.69. The van der Waals surface area contributed by atoms with E-state index >= 15 is 0 Å². The van der Waals surface area contributed by atoms with Gasteiger partial charge in [0.05, 0.1) is 12.2 Å². The van der Waals surface area contributed by atoms with Crippen LogP contribution in [-0.2, 0) is 12.0 Å². The van der Waals surface area contributed by atoms with Crippen molar-refractivity contribution in [2.24, 2.45) is 0 Å². The summed E-state index contributed by atoms with van der Waals surface area (Å²) in [5.41, 5.74) is 7.66. The number of aryl methyl sites for hydroxylation is 1. The van der Waals surface area contributed by atoms with Gasteiger partial charge in [0.15, 0.2) is 11.5 Å². The highest BCUT2D eigenvalue weighted by atomic mass is 35.5. The number of hydrogen-bond donors (Lipinski definition) is 3. The van der Waals surface area contributed by atoms with E-state index in [2.05, 4.69) is 0 Å². The molecular weight excluding hydrogens is 452 g/mol. The predicted molar refractivity (Wildman–Crippen MR) is 133 cm³/mol. The minimum atomic E-state index is -0.976. The van der Waals surface area contributed by atoms with Gasteiger partial charge in [0.1, 0.15) is 0 Å². The molecule has 0 unspecified atom stereocenters. The second-order valence-electron chi connectivity index (χ2n) is 8.64. The third-order valence-corrected chi connectivity index (χ3v) is 6.67. The molecule has 0 aliphatic carbocycles. The van der Waals surface area contributed by atoms with Crippen LogP contribution in [0.2, 0.25) is 5.02 Å². The molecule has 2 heterocycles. The molecule has 6 nitrogen and oxygen atoms in total. The number of rotatable bonds is 2. The number of halogens is 1. The van der Waals surface area contributed by atoms with E-state index in [9.17, 15) is 15.0 Å². The number of aliphatic hydroxyl groups is 1. The standard InChI is InChI=1S/C18H19ClN2O2.C9H10O2/c19-16-4-2-1-3-15(16)18(23)9-11-21(12-10-18)17(22)13-5-7-14(20)8-6-13;10-9-7-3-1-5-8(9)11-6-2-4-7/h1-8,23H,9-12,20H2;1,3,5,10H,2,4,6H2. The Balaban J connectivity index is 0.000000207. The lowest BCUT2D eigenvalue weighted by atomic mass is 9.84. The fourth-order valence-corrected chi connectivity index (χ4v) is 4.64. The first kappa shape index (κ1) is 23.9. The zero-order chi connectivity index (χ0) is 24.1. The summed E-state index contributed by atoms with van der Waals surface area (Å²) in [6, 6.07) is 19.9. The minimum absolute atomic E-state index is 0.0359. The van der Waals surface area contributed by atoms with Crippen LogP contribution in [0.1, 0.15) is 40.7 Å². The lowest BCUT2D eigenvalue weighted by molar-refractivity contribution is -0.0210. The van der Waals surface area contributed by atoms with Gasteiger partial charge < -0.3 is 25.6 Å². The third-order valence-electron chi connectivity index (χ3n) is 6.34. The molecule has 4 N–H and O–H groups in total. The van der Waals surface area contributed by atoms with E-state index in [0.717, 1.165) is 24.0 Å². The number of para-hydroxylation sites is 1. The maximum Gasteiger partial charge on any atom is 0.253 e. The Morgan fingerprint density at radius 1 is 1.00 bits per heavy atom. The summed E-state index contributed by atoms with van der Waals surface area (Å²) in [7, 11) is 0. The van der Waals surface area contributed by atoms with Gasteiger partial charge in [-0.3, -0.25) is 4.79 Å². The zero-order valence-electron chi connectivity index (χ0n) is 18.9. The highest BCUT2D eigenvalue weighted by Crippen LogP contribution is 2.37. The monoisotopic (exact) mass is 480 g/mol. The summed E-state index contributed by atoms with van der Waals surface area (Å²) >= 11 is 6.20. The Hall–Kier alpha value is -3.22. The number of hydrogen-bond acceptors (Lipinski definition) is 5. The van der Waals surface area contributed by atoms with E-state index in [-0.39, 0.29) is 5.91 Å². The maximum atomic E-state index is 12.5. The van der Waals surface area contributed by atoms with Gasteiger partial charge in [0, 0.05) is 34.9 Å². The van der Waals surface area contributed by atoms with Crippen molar-refractivity contribution in [3.05, 3.63) is 88.4 Å². The Bertz CT molecular complexity index is 1120. The zero-order valence-corrected chi connectivity index (χ0v) is 19.7. The van der Waals surface area contributed by atoms with Crippen LogP contribution in [-0.4, -0.2) is 40.7 Å². The quantitative estimate of drug-likeness (QED) is 0.459. The number of likely N-dealkylation sites (tertiary alicyclic amines) is 1. The van der Waals surface area contributed by atoms with Gasteiger partial charge in [-0.05, 0) is 67.6 Å². The van der Waals surface area contributed by atoms with Crippen molar-refractivity contribution in [3.8, 4) is 11.5 Å². The van der Waals surface area contributed by atoms with E-state index < -0.39 is 5.60 Å². The number of nitrogens with two attached hydrogens (primary N) is 1. The number of phenolic OH excluding ortho intramolecular Hbond substituents is 1. The number of nitrogen functional groups attached to an aromatic ring is 1. The highest BCUT2D eigenvalue weighted by molar-refractivity contribution is 6.31. The first-order valence-corrected chi connectivity index (χ1v) is 11.8. The molecule has 1 amide bonds. The number of phenols is 1. The topological polar surface area (TPSA) is 96.0 Å². The lowest BCUT2D eigenvalue weighted by Gasteiger charge is -2.39. The molecule has 2 aliphatic heterocycles. The van der Waals surface area contributed by atoms with E-state index in [1.165, 1.54) is 0 Å². The molecule has 1 fully saturated rings. The predicted octanol–water partition coefficient (Wildman–Crippen LogP) is 4.76. The summed E-state index contributed by atoms with van der Waals surface area (Å²) in [4.78, 5) is 14.3. The Morgan fingerprint density at radius 3 is 2.41 bits per heavy atom. The van der Waals surface area contributed by atoms with E-state index in [1.807, 2.05) is 30.3 Å². The number of ether oxygens (including phenoxy) is 1. The number of piperidine rings is 1. The average molecular weight is 481 g/mol. The molecule has 5 rings (SSSR count). The Labute approximate surface area is 204 Å². The number of fused-ring (bicyclic) bond motifs is 2. The van der Waals surface area contributed by atoms with Crippen molar-refractivity contribution >= 4 is 23.2 Å². The normalized spacial score (nSPS) is 16.5. The van der Waals surface area contributed by atoms with Crippen LogP contribution >= 0.6 is 11.6 Å². The van der Waals surface area contributed by atoms with Gasteiger partial charge in [-0.15, -0.1) is 0 Å². The lowest BCUT2D eigenvalue weighted by Crippen LogP contribution is -2.45. The van der Waals surface area contributed by atoms with Crippen molar-refractivity contribution in [2.75, 3.05) is 25.4 Å². The number of amides is 1.